The van der Waals surface area contributed by atoms with Gasteiger partial charge in [-0.2, -0.15) is 8.42 Å². The van der Waals surface area contributed by atoms with Crippen LogP contribution in [0.5, 0.6) is 0 Å². The minimum absolute atomic E-state index is 0.00979. The molecule has 0 aliphatic heterocycles. The van der Waals surface area contributed by atoms with Crippen molar-refractivity contribution in [3.05, 3.63) is 0 Å². The Kier molecular flexibility index (Phi) is 3.27. The minimum atomic E-state index is -4.35. The van der Waals surface area contributed by atoms with Crippen molar-refractivity contribution in [2.24, 2.45) is 5.92 Å². The van der Waals surface area contributed by atoms with Gasteiger partial charge in [-0.25, -0.2) is 5.11 Å². The molecule has 0 bridgehead atoms. The zero-order valence-corrected chi connectivity index (χ0v) is 6.76. The van der Waals surface area contributed by atoms with Gasteiger partial charge in [-0.1, -0.05) is 13.8 Å². The summed E-state index contributed by atoms with van der Waals surface area (Å²) in [6.07, 6.45) is -0.0428. The van der Waals surface area contributed by atoms with Gasteiger partial charge in [-0.15, -0.1) is 0 Å². The highest BCUT2D eigenvalue weighted by molar-refractivity contribution is 7.86. The van der Waals surface area contributed by atoms with Gasteiger partial charge in [0, 0.05) is 0 Å². The lowest BCUT2D eigenvalue weighted by atomic mass is 10.1. The van der Waals surface area contributed by atoms with Crippen LogP contribution in [0.2, 0.25) is 0 Å². The standard InChI is InChI=1S/C5H11O4S/c1-4(2)3-5(6)10(7,8)9/h4-5H,3H2,1-2H3,(H,7,8,9). The molecule has 0 aromatic rings. The fourth-order valence-corrected chi connectivity index (χ4v) is 1.13. The van der Waals surface area contributed by atoms with E-state index in [0.717, 1.165) is 0 Å². The highest BCUT2D eigenvalue weighted by Crippen LogP contribution is 2.08. The fourth-order valence-electron chi connectivity index (χ4n) is 0.507. The van der Waals surface area contributed by atoms with E-state index in [-0.39, 0.29) is 12.3 Å². The molecule has 5 heteroatoms. The SMILES string of the molecule is CC(C)CC([O])S(=O)(=O)O. The van der Waals surface area contributed by atoms with E-state index in [1.165, 1.54) is 0 Å². The Hall–Kier alpha value is -0.130. The molecule has 0 rings (SSSR count). The minimum Gasteiger partial charge on any atom is -0.283 e. The van der Waals surface area contributed by atoms with Crippen LogP contribution in [0, 0.1) is 5.92 Å². The predicted octanol–water partition coefficient (Wildman–Crippen LogP) is 0.677. The third kappa shape index (κ3) is 3.81. The Morgan fingerprint density at radius 1 is 1.40 bits per heavy atom. The zero-order chi connectivity index (χ0) is 8.36. The number of hydrogen-bond donors (Lipinski definition) is 1. The predicted molar refractivity (Wildman–Crippen MR) is 35.5 cm³/mol. The van der Waals surface area contributed by atoms with E-state index in [2.05, 4.69) is 0 Å². The van der Waals surface area contributed by atoms with Crippen molar-refractivity contribution >= 4 is 10.1 Å². The van der Waals surface area contributed by atoms with Crippen molar-refractivity contribution < 1.29 is 18.1 Å². The molecule has 10 heavy (non-hydrogen) atoms. The lowest BCUT2D eigenvalue weighted by Crippen LogP contribution is -2.20. The van der Waals surface area contributed by atoms with Gasteiger partial charge in [0.1, 0.15) is 0 Å². The highest BCUT2D eigenvalue weighted by Gasteiger charge is 2.22. The Labute approximate surface area is 60.6 Å². The first-order valence-corrected chi connectivity index (χ1v) is 4.46. The van der Waals surface area contributed by atoms with Crippen molar-refractivity contribution in [1.82, 2.24) is 0 Å². The molecule has 1 radical (unpaired) electrons. The molecule has 0 fully saturated rings. The third-order valence-corrected chi connectivity index (χ3v) is 1.85. The van der Waals surface area contributed by atoms with Crippen LogP contribution >= 0.6 is 0 Å². The van der Waals surface area contributed by atoms with Crippen LogP contribution in [0.15, 0.2) is 0 Å². The molecule has 0 aromatic heterocycles. The van der Waals surface area contributed by atoms with E-state index in [4.69, 9.17) is 4.55 Å². The Bertz CT molecular complexity index is 182. The summed E-state index contributed by atoms with van der Waals surface area (Å²) in [5.74, 6) is -0.00979. The fraction of sp³-hybridized carbons (Fsp3) is 1.00. The van der Waals surface area contributed by atoms with Gasteiger partial charge in [0.25, 0.3) is 10.1 Å². The average molecular weight is 167 g/mol. The summed E-state index contributed by atoms with van der Waals surface area (Å²) in [6, 6.07) is 0. The summed E-state index contributed by atoms with van der Waals surface area (Å²) >= 11 is 0. The molecule has 0 saturated heterocycles. The summed E-state index contributed by atoms with van der Waals surface area (Å²) in [6.45, 7) is 3.44. The first kappa shape index (κ1) is 9.87. The highest BCUT2D eigenvalue weighted by atomic mass is 32.2. The van der Waals surface area contributed by atoms with Crippen molar-refractivity contribution in [2.45, 2.75) is 25.7 Å². The van der Waals surface area contributed by atoms with Crippen LogP contribution in [0.4, 0.5) is 0 Å². The maximum Gasteiger partial charge on any atom is 0.295 e. The molecule has 0 aromatic carbocycles. The van der Waals surface area contributed by atoms with Crippen LogP contribution in [0.3, 0.4) is 0 Å². The van der Waals surface area contributed by atoms with E-state index in [1.807, 2.05) is 0 Å². The quantitative estimate of drug-likeness (QED) is 0.628. The summed E-state index contributed by atoms with van der Waals surface area (Å²) in [5.41, 5.74) is -1.88. The van der Waals surface area contributed by atoms with Gasteiger partial charge in [0.05, 0.1) is 0 Å². The summed E-state index contributed by atoms with van der Waals surface area (Å²) in [5, 5.41) is 10.5. The monoisotopic (exact) mass is 167 g/mol. The first-order valence-electron chi connectivity index (χ1n) is 2.96. The first-order chi connectivity index (χ1) is 4.34. The van der Waals surface area contributed by atoms with Crippen LogP contribution in [0.1, 0.15) is 20.3 Å². The van der Waals surface area contributed by atoms with Crippen molar-refractivity contribution in [2.75, 3.05) is 0 Å². The van der Waals surface area contributed by atoms with Crippen LogP contribution < -0.4 is 0 Å². The number of rotatable bonds is 3. The number of hydrogen-bond acceptors (Lipinski definition) is 2. The van der Waals surface area contributed by atoms with Gasteiger partial charge in [-0.05, 0) is 12.3 Å². The van der Waals surface area contributed by atoms with Crippen LogP contribution in [-0.4, -0.2) is 18.4 Å². The van der Waals surface area contributed by atoms with Gasteiger partial charge < -0.3 is 0 Å². The Morgan fingerprint density at radius 3 is 1.90 bits per heavy atom. The lowest BCUT2D eigenvalue weighted by molar-refractivity contribution is 0.126. The second-order valence-corrected chi connectivity index (χ2v) is 4.13. The summed E-state index contributed by atoms with van der Waals surface area (Å²) < 4.78 is 28.4. The molecule has 0 aliphatic rings. The molecular formula is C5H11O4S. The van der Waals surface area contributed by atoms with Gasteiger partial charge in [0.15, 0.2) is 0 Å². The Balaban J connectivity index is 3.99. The molecular weight excluding hydrogens is 156 g/mol. The molecule has 1 unspecified atom stereocenters. The second kappa shape index (κ2) is 3.32. The molecule has 0 amide bonds. The molecule has 4 nitrogen and oxygen atoms in total. The van der Waals surface area contributed by atoms with E-state index >= 15 is 0 Å². The van der Waals surface area contributed by atoms with Crippen LogP contribution in [0.25, 0.3) is 0 Å². The Morgan fingerprint density at radius 2 is 1.80 bits per heavy atom. The molecule has 0 heterocycles. The van der Waals surface area contributed by atoms with Gasteiger partial charge in [-0.3, -0.25) is 4.55 Å². The van der Waals surface area contributed by atoms with E-state index in [9.17, 15) is 13.5 Å². The average Bonchev–Trinajstić information content (AvgIpc) is 1.60. The van der Waals surface area contributed by atoms with Crippen molar-refractivity contribution in [3.8, 4) is 0 Å². The molecule has 1 atom stereocenters. The van der Waals surface area contributed by atoms with Gasteiger partial charge >= 0.3 is 0 Å². The maximum atomic E-state index is 10.5. The normalized spacial score (nSPS) is 15.7. The summed E-state index contributed by atoms with van der Waals surface area (Å²) in [7, 11) is -4.35. The molecule has 1 N–H and O–H groups in total. The maximum absolute atomic E-state index is 10.5. The molecule has 0 spiro atoms. The zero-order valence-electron chi connectivity index (χ0n) is 5.94. The topological polar surface area (TPSA) is 74.3 Å². The molecule has 0 saturated carbocycles. The largest absolute Gasteiger partial charge is 0.295 e. The van der Waals surface area contributed by atoms with E-state index < -0.39 is 15.6 Å². The third-order valence-electron chi connectivity index (χ3n) is 0.996. The van der Waals surface area contributed by atoms with Crippen molar-refractivity contribution in [3.63, 3.8) is 0 Å². The van der Waals surface area contributed by atoms with Crippen LogP contribution in [-0.2, 0) is 15.2 Å². The molecule has 0 aliphatic carbocycles. The van der Waals surface area contributed by atoms with E-state index in [1.54, 1.807) is 13.8 Å². The lowest BCUT2D eigenvalue weighted by Gasteiger charge is -2.06. The molecule has 61 valence electrons. The van der Waals surface area contributed by atoms with Crippen molar-refractivity contribution in [1.29, 1.82) is 0 Å². The van der Waals surface area contributed by atoms with Gasteiger partial charge in [0.2, 0.25) is 5.44 Å². The van der Waals surface area contributed by atoms with E-state index in [0.29, 0.717) is 0 Å². The second-order valence-electron chi connectivity index (χ2n) is 2.57. The smallest absolute Gasteiger partial charge is 0.283 e. The summed E-state index contributed by atoms with van der Waals surface area (Å²) in [4.78, 5) is 0.